The molecule has 1 saturated heterocycles. The van der Waals surface area contributed by atoms with Gasteiger partial charge in [0.1, 0.15) is 5.75 Å². The smallest absolute Gasteiger partial charge is 0.255 e. The van der Waals surface area contributed by atoms with Gasteiger partial charge in [-0.25, -0.2) is 8.42 Å². The van der Waals surface area contributed by atoms with Crippen LogP contribution in [0.5, 0.6) is 5.75 Å². The molecule has 2 rings (SSSR count). The Kier molecular flexibility index (Phi) is 6.88. The Labute approximate surface area is 155 Å². The van der Waals surface area contributed by atoms with Crippen LogP contribution in [0.3, 0.4) is 0 Å². The molecule has 1 aromatic rings. The van der Waals surface area contributed by atoms with Gasteiger partial charge >= 0.3 is 0 Å². The monoisotopic (exact) mass is 383 g/mol. The Bertz CT molecular complexity index is 749. The number of benzene rings is 1. The number of nitrogens with zero attached hydrogens (tertiary/aromatic N) is 1. The molecule has 1 aliphatic rings. The first-order valence-electron chi connectivity index (χ1n) is 9.06. The van der Waals surface area contributed by atoms with Crippen LogP contribution in [-0.4, -0.2) is 57.8 Å². The van der Waals surface area contributed by atoms with Crippen molar-refractivity contribution in [1.29, 1.82) is 0 Å². The van der Waals surface area contributed by atoms with Gasteiger partial charge in [0.15, 0.2) is 9.84 Å². The van der Waals surface area contributed by atoms with Gasteiger partial charge in [-0.1, -0.05) is 13.8 Å². The fraction of sp³-hybridized carbons (Fsp3) is 0.611. The molecule has 0 radical (unpaired) electrons. The van der Waals surface area contributed by atoms with Crippen LogP contribution in [0.1, 0.15) is 43.5 Å². The summed E-state index contributed by atoms with van der Waals surface area (Å²) in [5, 5.41) is 2.91. The Balaban J connectivity index is 2.25. The lowest BCUT2D eigenvalue weighted by molar-refractivity contribution is 0.0938. The first kappa shape index (κ1) is 20.5. The zero-order chi connectivity index (χ0) is 19.3. The van der Waals surface area contributed by atoms with E-state index in [9.17, 15) is 13.2 Å². The number of nitrogen functional groups attached to an aromatic ring is 1. The van der Waals surface area contributed by atoms with Crippen molar-refractivity contribution in [3.63, 3.8) is 0 Å². The number of hydrogen-bond acceptors (Lipinski definition) is 6. The van der Waals surface area contributed by atoms with Crippen molar-refractivity contribution in [2.45, 2.75) is 44.0 Å². The third kappa shape index (κ3) is 4.48. The number of likely N-dealkylation sites (N-methyl/N-ethyl adjacent to an activating group) is 1. The standard InChI is InChI=1S/C18H29N3O4S/c1-4-9-26(23,24)17-10-14(16(25-3)11-15(17)19)18(22)20-12-13-7-6-8-21(13)5-2/h10-11,13H,4-9,12,19H2,1-3H3,(H,20,22). The fourth-order valence-corrected chi connectivity index (χ4v) is 4.89. The average Bonchev–Trinajstić information content (AvgIpc) is 3.06. The number of sulfone groups is 1. The maximum Gasteiger partial charge on any atom is 0.255 e. The van der Waals surface area contributed by atoms with Gasteiger partial charge in [0.25, 0.3) is 5.91 Å². The van der Waals surface area contributed by atoms with E-state index >= 15 is 0 Å². The third-order valence-corrected chi connectivity index (χ3v) is 6.76. The molecule has 3 N–H and O–H groups in total. The van der Waals surface area contributed by atoms with Crippen molar-refractivity contribution in [3.05, 3.63) is 17.7 Å². The van der Waals surface area contributed by atoms with Gasteiger partial charge in [-0.2, -0.15) is 0 Å². The van der Waals surface area contributed by atoms with E-state index < -0.39 is 9.84 Å². The van der Waals surface area contributed by atoms with Gasteiger partial charge in [0.05, 0.1) is 29.0 Å². The van der Waals surface area contributed by atoms with Crippen molar-refractivity contribution in [2.24, 2.45) is 0 Å². The van der Waals surface area contributed by atoms with Crippen LogP contribution in [-0.2, 0) is 9.84 Å². The number of nitrogens with two attached hydrogens (primary N) is 1. The van der Waals surface area contributed by atoms with E-state index in [0.29, 0.717) is 19.0 Å². The van der Waals surface area contributed by atoms with Crippen LogP contribution in [0.25, 0.3) is 0 Å². The summed E-state index contributed by atoms with van der Waals surface area (Å²) in [5.74, 6) is -0.0926. The van der Waals surface area contributed by atoms with Gasteiger partial charge in [-0.05, 0) is 38.4 Å². The molecule has 1 amide bonds. The Hall–Kier alpha value is -1.80. The molecule has 0 aromatic heterocycles. The van der Waals surface area contributed by atoms with Crippen LogP contribution in [0.2, 0.25) is 0 Å². The normalized spacial score (nSPS) is 18.0. The van der Waals surface area contributed by atoms with Crippen LogP contribution >= 0.6 is 0 Å². The van der Waals surface area contributed by atoms with Crippen molar-refractivity contribution in [3.8, 4) is 5.75 Å². The molecule has 0 bridgehead atoms. The summed E-state index contributed by atoms with van der Waals surface area (Å²) in [6.45, 7) is 6.41. The summed E-state index contributed by atoms with van der Waals surface area (Å²) < 4.78 is 30.1. The minimum atomic E-state index is -3.53. The Morgan fingerprint density at radius 1 is 1.38 bits per heavy atom. The second kappa shape index (κ2) is 8.73. The highest BCUT2D eigenvalue weighted by Gasteiger charge is 2.26. The molecule has 1 heterocycles. The van der Waals surface area contributed by atoms with E-state index in [1.807, 2.05) is 0 Å². The predicted octanol–water partition coefficient (Wildman–Crippen LogP) is 1.68. The number of anilines is 1. The second-order valence-electron chi connectivity index (χ2n) is 6.54. The molecule has 0 aliphatic carbocycles. The van der Waals surface area contributed by atoms with Crippen molar-refractivity contribution >= 4 is 21.4 Å². The highest BCUT2D eigenvalue weighted by molar-refractivity contribution is 7.91. The zero-order valence-corrected chi connectivity index (χ0v) is 16.6. The van der Waals surface area contributed by atoms with Crippen molar-refractivity contribution < 1.29 is 17.9 Å². The number of rotatable bonds is 8. The summed E-state index contributed by atoms with van der Waals surface area (Å²) in [6.07, 6.45) is 2.64. The largest absolute Gasteiger partial charge is 0.496 e. The summed E-state index contributed by atoms with van der Waals surface area (Å²) in [5.41, 5.74) is 6.18. The molecule has 26 heavy (non-hydrogen) atoms. The molecule has 0 spiro atoms. The lowest BCUT2D eigenvalue weighted by Crippen LogP contribution is -2.40. The maximum atomic E-state index is 12.7. The summed E-state index contributed by atoms with van der Waals surface area (Å²) in [6, 6.07) is 3.05. The minimum absolute atomic E-state index is 0.0126. The highest BCUT2D eigenvalue weighted by atomic mass is 32.2. The van der Waals surface area contributed by atoms with Crippen LogP contribution in [0.15, 0.2) is 17.0 Å². The molecular formula is C18H29N3O4S. The first-order valence-corrected chi connectivity index (χ1v) is 10.7. The first-order chi connectivity index (χ1) is 12.3. The zero-order valence-electron chi connectivity index (χ0n) is 15.7. The van der Waals surface area contributed by atoms with Crippen molar-refractivity contribution in [1.82, 2.24) is 10.2 Å². The SMILES string of the molecule is CCCS(=O)(=O)c1cc(C(=O)NCC2CCCN2CC)c(OC)cc1N. The van der Waals surface area contributed by atoms with Gasteiger partial charge in [0.2, 0.25) is 0 Å². The lowest BCUT2D eigenvalue weighted by atomic mass is 10.1. The maximum absolute atomic E-state index is 12.7. The fourth-order valence-electron chi connectivity index (χ4n) is 3.42. The van der Waals surface area contributed by atoms with E-state index in [2.05, 4.69) is 17.1 Å². The number of carbonyl (C=O) groups is 1. The van der Waals surface area contributed by atoms with E-state index in [0.717, 1.165) is 25.9 Å². The number of ether oxygens (including phenoxy) is 1. The number of nitrogens with one attached hydrogen (secondary N) is 1. The lowest BCUT2D eigenvalue weighted by Gasteiger charge is -2.23. The molecule has 1 aliphatic heterocycles. The number of amides is 1. The van der Waals surface area contributed by atoms with E-state index in [1.54, 1.807) is 6.92 Å². The van der Waals surface area contributed by atoms with E-state index in [-0.39, 0.29) is 33.6 Å². The number of carbonyl (C=O) groups excluding carboxylic acids is 1. The summed E-state index contributed by atoms with van der Waals surface area (Å²) >= 11 is 0. The molecule has 1 fully saturated rings. The molecule has 7 nitrogen and oxygen atoms in total. The molecule has 0 saturated carbocycles. The molecule has 146 valence electrons. The highest BCUT2D eigenvalue weighted by Crippen LogP contribution is 2.29. The number of methoxy groups -OCH3 is 1. The van der Waals surface area contributed by atoms with Gasteiger partial charge in [-0.15, -0.1) is 0 Å². The average molecular weight is 384 g/mol. The Morgan fingerprint density at radius 3 is 2.73 bits per heavy atom. The van der Waals surface area contributed by atoms with Crippen LogP contribution < -0.4 is 15.8 Å². The molecule has 1 unspecified atom stereocenters. The number of hydrogen-bond donors (Lipinski definition) is 2. The molecule has 1 atom stereocenters. The van der Waals surface area contributed by atoms with Crippen LogP contribution in [0.4, 0.5) is 5.69 Å². The third-order valence-electron chi connectivity index (χ3n) is 4.79. The molecule has 8 heteroatoms. The van der Waals surface area contributed by atoms with E-state index in [1.165, 1.54) is 19.2 Å². The topological polar surface area (TPSA) is 102 Å². The Morgan fingerprint density at radius 2 is 2.12 bits per heavy atom. The quantitative estimate of drug-likeness (QED) is 0.662. The summed E-state index contributed by atoms with van der Waals surface area (Å²) in [7, 11) is -2.10. The van der Waals surface area contributed by atoms with Gasteiger partial charge in [0, 0.05) is 18.7 Å². The minimum Gasteiger partial charge on any atom is -0.496 e. The summed E-state index contributed by atoms with van der Waals surface area (Å²) in [4.78, 5) is 15.0. The van der Waals surface area contributed by atoms with Gasteiger partial charge < -0.3 is 15.8 Å². The predicted molar refractivity (Wildman–Crippen MR) is 102 cm³/mol. The van der Waals surface area contributed by atoms with Crippen LogP contribution in [0, 0.1) is 0 Å². The second-order valence-corrected chi connectivity index (χ2v) is 8.62. The van der Waals surface area contributed by atoms with Gasteiger partial charge in [-0.3, -0.25) is 9.69 Å². The van der Waals surface area contributed by atoms with Crippen molar-refractivity contribution in [2.75, 3.05) is 38.2 Å². The van der Waals surface area contributed by atoms with E-state index in [4.69, 9.17) is 10.5 Å². The number of likely N-dealkylation sites (tertiary alicyclic amines) is 1. The molecule has 1 aromatic carbocycles. The molecular weight excluding hydrogens is 354 g/mol.